The lowest BCUT2D eigenvalue weighted by atomic mass is 9.92. The molecule has 1 aromatic heterocycles. The highest BCUT2D eigenvalue weighted by molar-refractivity contribution is 5.74. The van der Waals surface area contributed by atoms with Crippen LogP contribution < -0.4 is 16.6 Å². The predicted molar refractivity (Wildman–Crippen MR) is 108 cm³/mol. The van der Waals surface area contributed by atoms with Crippen molar-refractivity contribution in [2.45, 2.75) is 64.2 Å². The number of hydrogen-bond acceptors (Lipinski definition) is 10. The monoisotopic (exact) mass is 467 g/mol. The van der Waals surface area contributed by atoms with Crippen LogP contribution in [0.3, 0.4) is 0 Å². The number of aromatic nitrogens is 2. The molecule has 0 aromatic carbocycles. The Hall–Kier alpha value is -3.48. The number of hydrogen-bond donors (Lipinski definition) is 2. The van der Waals surface area contributed by atoms with Crippen molar-refractivity contribution in [2.75, 3.05) is 6.61 Å². The summed E-state index contributed by atoms with van der Waals surface area (Å²) in [6, 6.07) is 0.263. The van der Waals surface area contributed by atoms with E-state index in [0.717, 1.165) is 30.7 Å². The molecule has 2 aliphatic rings. The summed E-state index contributed by atoms with van der Waals surface area (Å²) < 4.78 is 23.4. The molecule has 33 heavy (non-hydrogen) atoms. The van der Waals surface area contributed by atoms with Crippen LogP contribution in [0.4, 0.5) is 0 Å². The summed E-state index contributed by atoms with van der Waals surface area (Å²) in [5.41, 5.74) is -3.10. The van der Waals surface area contributed by atoms with Gasteiger partial charge in [-0.15, -0.1) is 0 Å². The number of fused-ring (bicyclic) bond motifs is 1. The molecular formula is C20H25N3O10. The number of rotatable bonds is 6. The van der Waals surface area contributed by atoms with Gasteiger partial charge < -0.3 is 24.3 Å². The van der Waals surface area contributed by atoms with Crippen molar-refractivity contribution < 1.29 is 38.1 Å². The Kier molecular flexibility index (Phi) is 6.72. The number of carbonyl (C=O) groups is 4. The first kappa shape index (κ1) is 24.2. The number of nitrogens with zero attached hydrogens (tertiary/aromatic N) is 1. The van der Waals surface area contributed by atoms with Gasteiger partial charge >= 0.3 is 23.6 Å². The molecule has 0 radical (unpaired) electrons. The van der Waals surface area contributed by atoms with Crippen molar-refractivity contribution in [2.24, 2.45) is 5.92 Å². The summed E-state index contributed by atoms with van der Waals surface area (Å²) in [4.78, 5) is 73.5. The van der Waals surface area contributed by atoms with E-state index in [0.29, 0.717) is 0 Å². The van der Waals surface area contributed by atoms with E-state index in [2.05, 4.69) is 10.3 Å². The van der Waals surface area contributed by atoms with Gasteiger partial charge in [-0.05, 0) is 0 Å². The molecule has 1 unspecified atom stereocenters. The van der Waals surface area contributed by atoms with Gasteiger partial charge in [-0.1, -0.05) is 0 Å². The topological polar surface area (TPSA) is 172 Å². The Balaban J connectivity index is 2.13. The van der Waals surface area contributed by atoms with Crippen LogP contribution in [0.1, 0.15) is 40.3 Å². The van der Waals surface area contributed by atoms with Gasteiger partial charge in [-0.25, -0.2) is 4.79 Å². The molecule has 1 saturated heterocycles. The van der Waals surface area contributed by atoms with Gasteiger partial charge in [0.05, 0.1) is 12.6 Å². The number of nitrogens with one attached hydrogen (secondary N) is 2. The van der Waals surface area contributed by atoms with E-state index in [4.69, 9.17) is 18.9 Å². The van der Waals surface area contributed by atoms with E-state index in [-0.39, 0.29) is 13.0 Å². The highest BCUT2D eigenvalue weighted by Gasteiger charge is 2.70. The molecule has 2 N–H and O–H groups in total. The summed E-state index contributed by atoms with van der Waals surface area (Å²) in [6.45, 7) is 4.67. The standard InChI is InChI=1S/C20H25N3O10/c1-9(24)21-15-13(8-30-10(2)25)7-20(33-12(4)27)16(15)32-18(17(20)31-11(3)26)23-6-5-14(28)22-19(23)29/h5-6,13,15-18H,7-8H2,1-4H3,(H,21,24)(H,22,28,29)/t13-,15+,16-,17+,18?,20-/m1/s1. The van der Waals surface area contributed by atoms with Crippen LogP contribution in [-0.2, 0) is 38.1 Å². The molecule has 2 heterocycles. The molecule has 1 aromatic rings. The van der Waals surface area contributed by atoms with Crippen molar-refractivity contribution in [3.05, 3.63) is 33.1 Å². The second-order valence-electron chi connectivity index (χ2n) is 8.04. The lowest BCUT2D eigenvalue weighted by Gasteiger charge is -2.33. The third-order valence-corrected chi connectivity index (χ3v) is 5.55. The second-order valence-corrected chi connectivity index (χ2v) is 8.04. The van der Waals surface area contributed by atoms with Crippen LogP contribution >= 0.6 is 0 Å². The molecule has 13 heteroatoms. The van der Waals surface area contributed by atoms with Crippen LogP contribution in [0.2, 0.25) is 0 Å². The minimum atomic E-state index is -1.62. The quantitative estimate of drug-likeness (QED) is 0.380. The molecular weight excluding hydrogens is 442 g/mol. The zero-order chi connectivity index (χ0) is 24.5. The molecule has 0 bridgehead atoms. The zero-order valence-corrected chi connectivity index (χ0v) is 18.5. The Morgan fingerprint density at radius 1 is 1.15 bits per heavy atom. The molecule has 1 amide bonds. The number of H-pyrrole nitrogens is 1. The lowest BCUT2D eigenvalue weighted by molar-refractivity contribution is -0.183. The molecule has 2 fully saturated rings. The molecule has 1 saturated carbocycles. The summed E-state index contributed by atoms with van der Waals surface area (Å²) in [5.74, 6) is -3.00. The fraction of sp³-hybridized carbons (Fsp3) is 0.600. The third kappa shape index (κ3) is 4.82. The van der Waals surface area contributed by atoms with Crippen LogP contribution in [0.5, 0.6) is 0 Å². The van der Waals surface area contributed by atoms with Gasteiger partial charge in [0, 0.05) is 52.3 Å². The Morgan fingerprint density at radius 3 is 2.39 bits per heavy atom. The number of amides is 1. The molecule has 1 aliphatic carbocycles. The van der Waals surface area contributed by atoms with Crippen LogP contribution in [0, 0.1) is 5.92 Å². The molecule has 1 aliphatic heterocycles. The van der Waals surface area contributed by atoms with Crippen LogP contribution in [0.15, 0.2) is 21.9 Å². The lowest BCUT2D eigenvalue weighted by Crippen LogP contribution is -2.54. The fourth-order valence-corrected chi connectivity index (χ4v) is 4.56. The zero-order valence-electron chi connectivity index (χ0n) is 18.5. The van der Waals surface area contributed by atoms with E-state index in [1.807, 2.05) is 0 Å². The first-order valence-corrected chi connectivity index (χ1v) is 10.2. The number of carbonyl (C=O) groups excluding carboxylic acids is 4. The largest absolute Gasteiger partial charge is 0.465 e. The number of aromatic amines is 1. The predicted octanol–water partition coefficient (Wildman–Crippen LogP) is -1.24. The van der Waals surface area contributed by atoms with E-state index >= 15 is 0 Å². The van der Waals surface area contributed by atoms with E-state index in [1.54, 1.807) is 0 Å². The first-order chi connectivity index (χ1) is 15.4. The maximum Gasteiger partial charge on any atom is 0.330 e. The van der Waals surface area contributed by atoms with Crippen LogP contribution in [0.25, 0.3) is 0 Å². The van der Waals surface area contributed by atoms with Crippen molar-refractivity contribution in [3.8, 4) is 0 Å². The smallest absolute Gasteiger partial charge is 0.330 e. The average Bonchev–Trinajstić information content (AvgIpc) is 3.10. The fourth-order valence-electron chi connectivity index (χ4n) is 4.56. The summed E-state index contributed by atoms with van der Waals surface area (Å²) in [6.07, 6.45) is -2.52. The Labute approximate surface area is 187 Å². The summed E-state index contributed by atoms with van der Waals surface area (Å²) in [5, 5.41) is 2.72. The first-order valence-electron chi connectivity index (χ1n) is 10.2. The van der Waals surface area contributed by atoms with Crippen LogP contribution in [-0.4, -0.2) is 63.8 Å². The van der Waals surface area contributed by atoms with Crippen molar-refractivity contribution in [3.63, 3.8) is 0 Å². The van der Waals surface area contributed by atoms with Gasteiger partial charge in [0.15, 0.2) is 17.9 Å². The molecule has 180 valence electrons. The second kappa shape index (κ2) is 9.17. The Bertz CT molecular complexity index is 1080. The number of ether oxygens (including phenoxy) is 4. The van der Waals surface area contributed by atoms with Crippen molar-refractivity contribution in [1.82, 2.24) is 14.9 Å². The SMILES string of the molecule is CC(=O)N[C@H]1[C@@H](COC(C)=O)C[C@@]2(OC(C)=O)[C@@H]1OC(n1ccc(=O)[nH]c1=O)[C@@H]2OC(C)=O. The molecule has 3 rings (SSSR count). The van der Waals surface area contributed by atoms with Crippen molar-refractivity contribution in [1.29, 1.82) is 0 Å². The van der Waals surface area contributed by atoms with E-state index in [9.17, 15) is 28.8 Å². The highest BCUT2D eigenvalue weighted by atomic mass is 16.7. The summed E-state index contributed by atoms with van der Waals surface area (Å²) >= 11 is 0. The highest BCUT2D eigenvalue weighted by Crippen LogP contribution is 2.52. The molecule has 13 nitrogen and oxygen atoms in total. The number of esters is 3. The van der Waals surface area contributed by atoms with Gasteiger partial charge in [0.1, 0.15) is 6.10 Å². The maximum absolute atomic E-state index is 12.5. The van der Waals surface area contributed by atoms with Crippen molar-refractivity contribution >= 4 is 23.8 Å². The van der Waals surface area contributed by atoms with E-state index < -0.39 is 71.1 Å². The minimum absolute atomic E-state index is 0.0119. The summed E-state index contributed by atoms with van der Waals surface area (Å²) in [7, 11) is 0. The minimum Gasteiger partial charge on any atom is -0.465 e. The average molecular weight is 467 g/mol. The van der Waals surface area contributed by atoms with Gasteiger partial charge in [-0.2, -0.15) is 0 Å². The Morgan fingerprint density at radius 2 is 1.85 bits per heavy atom. The maximum atomic E-state index is 12.5. The third-order valence-electron chi connectivity index (χ3n) is 5.55. The molecule has 0 spiro atoms. The van der Waals surface area contributed by atoms with E-state index in [1.165, 1.54) is 13.8 Å². The molecule has 6 atom stereocenters. The van der Waals surface area contributed by atoms with Gasteiger partial charge in [0.25, 0.3) is 5.56 Å². The normalized spacial score (nSPS) is 30.2. The van der Waals surface area contributed by atoms with Gasteiger partial charge in [0.2, 0.25) is 5.91 Å². The van der Waals surface area contributed by atoms with Gasteiger partial charge in [-0.3, -0.25) is 33.5 Å².